The van der Waals surface area contributed by atoms with Gasteiger partial charge in [-0.25, -0.2) is 4.79 Å². The fourth-order valence-electron chi connectivity index (χ4n) is 4.29. The second kappa shape index (κ2) is 12.8. The number of ether oxygens (including phenoxy) is 2. The number of benzene rings is 2. The first-order valence-electron chi connectivity index (χ1n) is 12.8. The molecule has 0 saturated heterocycles. The molecule has 1 aliphatic heterocycles. The molecule has 1 aliphatic rings. The smallest absolute Gasteiger partial charge is 0.407 e. The molecular formula is C29H41N3O4. The maximum absolute atomic E-state index is 13.3. The van der Waals surface area contributed by atoms with Crippen molar-refractivity contribution >= 4 is 17.7 Å². The van der Waals surface area contributed by atoms with E-state index < -0.39 is 11.7 Å². The van der Waals surface area contributed by atoms with Crippen molar-refractivity contribution < 1.29 is 19.1 Å². The van der Waals surface area contributed by atoms with Gasteiger partial charge >= 0.3 is 6.09 Å². The number of nitrogens with one attached hydrogen (secondary N) is 1. The molecule has 7 nitrogen and oxygen atoms in total. The van der Waals surface area contributed by atoms with Gasteiger partial charge in [0.2, 0.25) is 5.91 Å². The second-order valence-electron chi connectivity index (χ2n) is 10.7. The van der Waals surface area contributed by atoms with Gasteiger partial charge < -0.3 is 24.6 Å². The third-order valence-electron chi connectivity index (χ3n) is 6.11. The van der Waals surface area contributed by atoms with E-state index in [1.54, 1.807) is 0 Å². The Morgan fingerprint density at radius 1 is 1.08 bits per heavy atom. The van der Waals surface area contributed by atoms with E-state index in [1.165, 1.54) is 5.56 Å². The Hall–Kier alpha value is -3.06. The summed E-state index contributed by atoms with van der Waals surface area (Å²) in [5.74, 6) is 1.25. The summed E-state index contributed by atoms with van der Waals surface area (Å²) >= 11 is 0. The van der Waals surface area contributed by atoms with E-state index in [9.17, 15) is 9.59 Å². The molecule has 0 aliphatic carbocycles. The predicted molar refractivity (Wildman–Crippen MR) is 144 cm³/mol. The lowest BCUT2D eigenvalue weighted by Gasteiger charge is -2.35. The number of rotatable bonds is 10. The molecule has 0 bridgehead atoms. The number of anilines is 1. The molecule has 0 spiro atoms. The lowest BCUT2D eigenvalue weighted by molar-refractivity contribution is -0.118. The Morgan fingerprint density at radius 2 is 1.81 bits per heavy atom. The van der Waals surface area contributed by atoms with Crippen molar-refractivity contribution in [2.45, 2.75) is 52.1 Å². The van der Waals surface area contributed by atoms with E-state index in [1.807, 2.05) is 82.2 Å². The van der Waals surface area contributed by atoms with Crippen molar-refractivity contribution in [2.24, 2.45) is 5.92 Å². The third-order valence-corrected chi connectivity index (χ3v) is 6.11. The maximum atomic E-state index is 13.3. The quantitative estimate of drug-likeness (QED) is 0.518. The molecule has 0 fully saturated rings. The highest BCUT2D eigenvalue weighted by atomic mass is 16.6. The molecule has 1 heterocycles. The molecule has 196 valence electrons. The summed E-state index contributed by atoms with van der Waals surface area (Å²) in [7, 11) is 4.04. The van der Waals surface area contributed by atoms with Crippen LogP contribution >= 0.6 is 0 Å². The highest BCUT2D eigenvalue weighted by molar-refractivity contribution is 5.94. The molecular weight excluding hydrogens is 454 g/mol. The van der Waals surface area contributed by atoms with Crippen LogP contribution in [0.2, 0.25) is 0 Å². The van der Waals surface area contributed by atoms with Crippen molar-refractivity contribution in [3.8, 4) is 5.75 Å². The second-order valence-corrected chi connectivity index (χ2v) is 10.7. The van der Waals surface area contributed by atoms with Gasteiger partial charge in [-0.2, -0.15) is 0 Å². The van der Waals surface area contributed by atoms with Gasteiger partial charge in [-0.3, -0.25) is 4.79 Å². The summed E-state index contributed by atoms with van der Waals surface area (Å²) in [6.07, 6.45) is 2.40. The number of carbonyl (C=O) groups is 2. The van der Waals surface area contributed by atoms with E-state index in [0.29, 0.717) is 32.5 Å². The van der Waals surface area contributed by atoms with E-state index in [0.717, 1.165) is 36.4 Å². The lowest BCUT2D eigenvalue weighted by atomic mass is 9.89. The SMILES string of the molecule is CN(C)CCOc1ccc(CCC(=O)N2CC(CCNC(=O)OC(C)(C)C)Cc3ccccc32)cc1. The minimum atomic E-state index is -0.517. The summed E-state index contributed by atoms with van der Waals surface area (Å²) in [5.41, 5.74) is 2.78. The predicted octanol–water partition coefficient (Wildman–Crippen LogP) is 4.68. The Labute approximate surface area is 215 Å². The van der Waals surface area contributed by atoms with E-state index in [2.05, 4.69) is 16.3 Å². The number of carbonyl (C=O) groups excluding carboxylic acids is 2. The zero-order valence-corrected chi connectivity index (χ0v) is 22.4. The van der Waals surface area contributed by atoms with Gasteiger partial charge in [-0.15, -0.1) is 0 Å². The molecule has 1 N–H and O–H groups in total. The summed E-state index contributed by atoms with van der Waals surface area (Å²) in [6, 6.07) is 16.1. The number of hydrogen-bond donors (Lipinski definition) is 1. The molecule has 7 heteroatoms. The molecule has 0 radical (unpaired) electrons. The third kappa shape index (κ3) is 8.86. The number of para-hydroxylation sites is 1. The van der Waals surface area contributed by atoms with Crippen LogP contribution in [-0.4, -0.2) is 62.8 Å². The van der Waals surface area contributed by atoms with Crippen LogP contribution in [0.1, 0.15) is 44.7 Å². The van der Waals surface area contributed by atoms with Crippen molar-refractivity contribution in [3.05, 3.63) is 59.7 Å². The summed E-state index contributed by atoms with van der Waals surface area (Å²) in [5, 5.41) is 2.85. The Balaban J connectivity index is 1.54. The molecule has 36 heavy (non-hydrogen) atoms. The first-order chi connectivity index (χ1) is 17.1. The van der Waals surface area contributed by atoms with Crippen LogP contribution in [-0.2, 0) is 22.4 Å². The number of nitrogens with zero attached hydrogens (tertiary/aromatic N) is 2. The van der Waals surface area contributed by atoms with Crippen LogP contribution in [0.25, 0.3) is 0 Å². The molecule has 1 atom stereocenters. The topological polar surface area (TPSA) is 71.1 Å². The van der Waals surface area contributed by atoms with Crippen LogP contribution in [0.5, 0.6) is 5.75 Å². The summed E-state index contributed by atoms with van der Waals surface area (Å²) < 4.78 is 11.1. The van der Waals surface area contributed by atoms with Crippen molar-refractivity contribution in [1.29, 1.82) is 0 Å². The lowest BCUT2D eigenvalue weighted by Crippen LogP contribution is -2.41. The molecule has 1 unspecified atom stereocenters. The van der Waals surface area contributed by atoms with Crippen LogP contribution in [0.15, 0.2) is 48.5 Å². The molecule has 2 aromatic rings. The minimum Gasteiger partial charge on any atom is -0.492 e. The average Bonchev–Trinajstić information content (AvgIpc) is 2.81. The molecule has 3 rings (SSSR count). The normalized spacial score (nSPS) is 15.4. The number of alkyl carbamates (subject to hydrolysis) is 1. The maximum Gasteiger partial charge on any atom is 0.407 e. The van der Waals surface area contributed by atoms with Gasteiger partial charge in [-0.05, 0) is 89.4 Å². The largest absolute Gasteiger partial charge is 0.492 e. The van der Waals surface area contributed by atoms with Crippen molar-refractivity contribution in [3.63, 3.8) is 0 Å². The molecule has 2 amide bonds. The highest BCUT2D eigenvalue weighted by Gasteiger charge is 2.28. The van der Waals surface area contributed by atoms with Crippen molar-refractivity contribution in [2.75, 3.05) is 45.2 Å². The highest BCUT2D eigenvalue weighted by Crippen LogP contribution is 2.31. The first kappa shape index (κ1) is 27.5. The van der Waals surface area contributed by atoms with Gasteiger partial charge in [-0.1, -0.05) is 30.3 Å². The van der Waals surface area contributed by atoms with Gasteiger partial charge in [0, 0.05) is 31.7 Å². The average molecular weight is 496 g/mol. The molecule has 2 aromatic carbocycles. The summed E-state index contributed by atoms with van der Waals surface area (Å²) in [4.78, 5) is 29.3. The number of hydrogen-bond acceptors (Lipinski definition) is 5. The fourth-order valence-corrected chi connectivity index (χ4v) is 4.29. The zero-order chi connectivity index (χ0) is 26.1. The number of likely N-dealkylation sites (N-methyl/N-ethyl adjacent to an activating group) is 1. The number of amides is 2. The standard InChI is InChI=1S/C29H41N3O4/c1-29(2,3)36-28(34)30-17-16-23-20-24-8-6-7-9-26(24)32(21-23)27(33)15-12-22-10-13-25(14-11-22)35-19-18-31(4)5/h6-11,13-14,23H,12,15-21H2,1-5H3,(H,30,34). The van der Waals surface area contributed by atoms with Gasteiger partial charge in [0.1, 0.15) is 18.0 Å². The molecule has 0 saturated carbocycles. The van der Waals surface area contributed by atoms with Gasteiger partial charge in [0.05, 0.1) is 0 Å². The number of aryl methyl sites for hydroxylation is 1. The van der Waals surface area contributed by atoms with E-state index in [4.69, 9.17) is 9.47 Å². The van der Waals surface area contributed by atoms with Crippen LogP contribution in [0.3, 0.4) is 0 Å². The summed E-state index contributed by atoms with van der Waals surface area (Å²) in [6.45, 7) is 8.24. The molecule has 0 aromatic heterocycles. The van der Waals surface area contributed by atoms with Crippen molar-refractivity contribution in [1.82, 2.24) is 10.2 Å². The Bertz CT molecular complexity index is 998. The van der Waals surface area contributed by atoms with Gasteiger partial charge in [0.15, 0.2) is 0 Å². The number of fused-ring (bicyclic) bond motifs is 1. The monoisotopic (exact) mass is 495 g/mol. The fraction of sp³-hybridized carbons (Fsp3) is 0.517. The Kier molecular flexibility index (Phi) is 9.76. The Morgan fingerprint density at radius 3 is 2.50 bits per heavy atom. The first-order valence-corrected chi connectivity index (χ1v) is 12.8. The zero-order valence-electron chi connectivity index (χ0n) is 22.4. The van der Waals surface area contributed by atoms with E-state index >= 15 is 0 Å². The van der Waals surface area contributed by atoms with Gasteiger partial charge in [0.25, 0.3) is 0 Å². The van der Waals surface area contributed by atoms with Crippen LogP contribution < -0.4 is 15.0 Å². The minimum absolute atomic E-state index is 0.124. The van der Waals surface area contributed by atoms with Crippen LogP contribution in [0, 0.1) is 5.92 Å². The van der Waals surface area contributed by atoms with E-state index in [-0.39, 0.29) is 11.8 Å². The van der Waals surface area contributed by atoms with Crippen LogP contribution in [0.4, 0.5) is 10.5 Å².